The fraction of sp³-hybridized carbons (Fsp3) is 0.276. The van der Waals surface area contributed by atoms with Gasteiger partial charge < -0.3 is 39.4 Å². The zero-order valence-electron chi connectivity index (χ0n) is 23.4. The van der Waals surface area contributed by atoms with E-state index in [9.17, 15) is 14.7 Å². The molecule has 11 nitrogen and oxygen atoms in total. The lowest BCUT2D eigenvalue weighted by Crippen LogP contribution is -2.44. The van der Waals surface area contributed by atoms with Crippen LogP contribution >= 0.6 is 0 Å². The highest BCUT2D eigenvalue weighted by Gasteiger charge is 2.23. The van der Waals surface area contributed by atoms with Crippen LogP contribution < -0.4 is 34.3 Å². The van der Waals surface area contributed by atoms with Crippen LogP contribution in [0.2, 0.25) is 0 Å². The van der Waals surface area contributed by atoms with Crippen LogP contribution in [0.3, 0.4) is 0 Å². The lowest BCUT2D eigenvalue weighted by molar-refractivity contribution is -0.121. The van der Waals surface area contributed by atoms with Gasteiger partial charge in [0, 0.05) is 23.5 Å². The summed E-state index contributed by atoms with van der Waals surface area (Å²) >= 11 is 0. The first-order chi connectivity index (χ1) is 19.2. The molecule has 2 amide bonds. The number of pyridine rings is 1. The predicted molar refractivity (Wildman–Crippen MR) is 148 cm³/mol. The number of aromatic nitrogens is 1. The number of hydrogen-bond donors (Lipinski definition) is 3. The van der Waals surface area contributed by atoms with E-state index in [4.69, 9.17) is 23.7 Å². The van der Waals surface area contributed by atoms with Crippen molar-refractivity contribution in [2.24, 2.45) is 0 Å². The highest BCUT2D eigenvalue weighted by Crippen LogP contribution is 2.37. The number of ether oxygens (including phenoxy) is 5. The number of benzene rings is 2. The van der Waals surface area contributed by atoms with Crippen molar-refractivity contribution in [1.29, 1.82) is 0 Å². The van der Waals surface area contributed by atoms with Gasteiger partial charge in [-0.2, -0.15) is 0 Å². The number of nitrogens with one attached hydrogen (secondary N) is 2. The van der Waals surface area contributed by atoms with Gasteiger partial charge in [0.2, 0.25) is 5.91 Å². The van der Waals surface area contributed by atoms with Crippen molar-refractivity contribution >= 4 is 17.4 Å². The molecule has 0 unspecified atom stereocenters. The number of carbonyl (C=O) groups is 2. The molecule has 0 aliphatic carbocycles. The summed E-state index contributed by atoms with van der Waals surface area (Å²) in [4.78, 5) is 29.8. The molecule has 3 N–H and O–H groups in total. The van der Waals surface area contributed by atoms with E-state index in [1.54, 1.807) is 45.4 Å². The molecule has 0 spiro atoms. The van der Waals surface area contributed by atoms with Crippen molar-refractivity contribution in [3.63, 3.8) is 0 Å². The van der Waals surface area contributed by atoms with Gasteiger partial charge >= 0.3 is 0 Å². The molecule has 11 heteroatoms. The minimum absolute atomic E-state index is 0.0884. The van der Waals surface area contributed by atoms with E-state index in [0.29, 0.717) is 34.3 Å². The fourth-order valence-corrected chi connectivity index (χ4v) is 4.04. The largest absolute Gasteiger partial charge is 0.503 e. The standard InChI is InChI=1S/C29H33N3O8/c1-16(31-28(34)17(2)32-29(35)26-27(33)22(38-5)12-13-30-26)25(18-8-10-20(36-3)23(14-18)39-6)19-9-11-21(37-4)24(15-19)40-7/h8-15,17,33H,1-7H3,(H,31,34)(H,32,35)/t17-/m0/s1. The first-order valence-electron chi connectivity index (χ1n) is 12.2. The molecular formula is C29H33N3O8. The summed E-state index contributed by atoms with van der Waals surface area (Å²) < 4.78 is 26.8. The highest BCUT2D eigenvalue weighted by molar-refractivity contribution is 5.99. The maximum absolute atomic E-state index is 13.2. The number of amides is 2. The third kappa shape index (κ3) is 6.37. The Morgan fingerprint density at radius 3 is 1.75 bits per heavy atom. The second kappa shape index (κ2) is 13.2. The molecule has 0 bridgehead atoms. The van der Waals surface area contributed by atoms with E-state index in [-0.39, 0.29) is 11.4 Å². The maximum atomic E-state index is 13.2. The normalized spacial score (nSPS) is 11.1. The van der Waals surface area contributed by atoms with Gasteiger partial charge in [0.05, 0.1) is 35.5 Å². The van der Waals surface area contributed by atoms with E-state index in [1.807, 2.05) is 12.1 Å². The van der Waals surface area contributed by atoms with Crippen LogP contribution in [0.15, 0.2) is 54.4 Å². The van der Waals surface area contributed by atoms with Crippen molar-refractivity contribution in [2.75, 3.05) is 35.5 Å². The molecule has 212 valence electrons. The van der Waals surface area contributed by atoms with Crippen LogP contribution in [0, 0.1) is 0 Å². The van der Waals surface area contributed by atoms with E-state index in [0.717, 1.165) is 11.1 Å². The van der Waals surface area contributed by atoms with Gasteiger partial charge in [-0.15, -0.1) is 0 Å². The minimum atomic E-state index is -0.980. The molecule has 40 heavy (non-hydrogen) atoms. The summed E-state index contributed by atoms with van der Waals surface area (Å²) in [5, 5.41) is 15.7. The second-order valence-corrected chi connectivity index (χ2v) is 8.53. The third-order valence-electron chi connectivity index (χ3n) is 6.09. The Labute approximate surface area is 232 Å². The highest BCUT2D eigenvalue weighted by atomic mass is 16.5. The van der Waals surface area contributed by atoms with Crippen molar-refractivity contribution in [2.45, 2.75) is 19.9 Å². The van der Waals surface area contributed by atoms with Crippen molar-refractivity contribution < 1.29 is 38.4 Å². The number of carbonyl (C=O) groups excluding carboxylic acids is 2. The first kappa shape index (κ1) is 29.6. The number of aromatic hydroxyl groups is 1. The van der Waals surface area contributed by atoms with E-state index >= 15 is 0 Å². The van der Waals surface area contributed by atoms with Crippen LogP contribution in [-0.4, -0.2) is 63.5 Å². The van der Waals surface area contributed by atoms with Gasteiger partial charge in [0.15, 0.2) is 40.2 Å². The number of allylic oxidation sites excluding steroid dienone is 1. The molecule has 3 aromatic rings. The van der Waals surface area contributed by atoms with Crippen molar-refractivity contribution in [3.8, 4) is 34.5 Å². The van der Waals surface area contributed by atoms with E-state index in [1.165, 1.54) is 40.5 Å². The summed E-state index contributed by atoms with van der Waals surface area (Å²) in [6, 6.07) is 11.2. The molecule has 3 rings (SSSR count). The van der Waals surface area contributed by atoms with Crippen molar-refractivity contribution in [3.05, 3.63) is 71.2 Å². The SMILES string of the molecule is COc1ccc(C(=C(C)NC(=O)[C@H](C)NC(=O)c2nccc(OC)c2O)c2ccc(OC)c(OC)c2)cc1OC. The lowest BCUT2D eigenvalue weighted by Gasteiger charge is -2.20. The van der Waals surface area contributed by atoms with Gasteiger partial charge in [-0.05, 0) is 49.2 Å². The Hall–Kier alpha value is -4.93. The molecule has 1 heterocycles. The second-order valence-electron chi connectivity index (χ2n) is 8.53. The quantitative estimate of drug-likeness (QED) is 0.327. The summed E-state index contributed by atoms with van der Waals surface area (Å²) in [7, 11) is 7.52. The average Bonchev–Trinajstić information content (AvgIpc) is 2.96. The zero-order chi connectivity index (χ0) is 29.4. The van der Waals surface area contributed by atoms with Gasteiger partial charge in [0.25, 0.3) is 5.91 Å². The van der Waals surface area contributed by atoms with E-state index < -0.39 is 23.6 Å². The Morgan fingerprint density at radius 2 is 1.27 bits per heavy atom. The summed E-state index contributed by atoms with van der Waals surface area (Å²) in [6.07, 6.45) is 1.32. The Bertz CT molecular complexity index is 1360. The molecule has 0 aliphatic rings. The van der Waals surface area contributed by atoms with Crippen molar-refractivity contribution in [1.82, 2.24) is 15.6 Å². The van der Waals surface area contributed by atoms with Gasteiger partial charge in [0.1, 0.15) is 6.04 Å². The molecule has 0 radical (unpaired) electrons. The maximum Gasteiger partial charge on any atom is 0.274 e. The van der Waals surface area contributed by atoms with Crippen LogP contribution in [0.5, 0.6) is 34.5 Å². The first-order valence-corrected chi connectivity index (χ1v) is 12.2. The summed E-state index contributed by atoms with van der Waals surface area (Å²) in [5.41, 5.74) is 2.35. The molecule has 0 fully saturated rings. The van der Waals surface area contributed by atoms with Gasteiger partial charge in [-0.3, -0.25) is 9.59 Å². The van der Waals surface area contributed by atoms with Crippen LogP contribution in [0.4, 0.5) is 0 Å². The number of nitrogens with zero attached hydrogens (tertiary/aromatic N) is 1. The molecular weight excluding hydrogens is 518 g/mol. The van der Waals surface area contributed by atoms with E-state index in [2.05, 4.69) is 15.6 Å². The Morgan fingerprint density at radius 1 is 0.775 bits per heavy atom. The molecule has 0 saturated carbocycles. The third-order valence-corrected chi connectivity index (χ3v) is 6.09. The Kier molecular flexibility index (Phi) is 9.80. The number of rotatable bonds is 11. The Balaban J connectivity index is 1.98. The summed E-state index contributed by atoms with van der Waals surface area (Å²) in [5.74, 6) is 0.538. The van der Waals surface area contributed by atoms with Crippen LogP contribution in [-0.2, 0) is 4.79 Å². The molecule has 0 aliphatic heterocycles. The van der Waals surface area contributed by atoms with Crippen LogP contribution in [0.25, 0.3) is 5.57 Å². The lowest BCUT2D eigenvalue weighted by atomic mass is 9.95. The van der Waals surface area contributed by atoms with Crippen LogP contribution in [0.1, 0.15) is 35.5 Å². The number of methoxy groups -OCH3 is 5. The predicted octanol–water partition coefficient (Wildman–Crippen LogP) is 3.54. The fourth-order valence-electron chi connectivity index (χ4n) is 4.04. The minimum Gasteiger partial charge on any atom is -0.503 e. The smallest absolute Gasteiger partial charge is 0.274 e. The number of hydrogen-bond acceptors (Lipinski definition) is 9. The molecule has 0 saturated heterocycles. The summed E-state index contributed by atoms with van der Waals surface area (Å²) in [6.45, 7) is 3.26. The topological polar surface area (TPSA) is 137 Å². The molecule has 1 atom stereocenters. The zero-order valence-corrected chi connectivity index (χ0v) is 23.4. The van der Waals surface area contributed by atoms with Gasteiger partial charge in [-0.25, -0.2) is 4.98 Å². The monoisotopic (exact) mass is 551 g/mol. The molecule has 2 aromatic carbocycles. The molecule has 1 aromatic heterocycles. The van der Waals surface area contributed by atoms with Gasteiger partial charge in [-0.1, -0.05) is 12.1 Å². The average molecular weight is 552 g/mol.